The molecular formula is C22H27ClN4O3. The molecule has 3 heterocycles. The minimum atomic E-state index is -0.685. The fraction of sp³-hybridized carbons (Fsp3) is 0.455. The van der Waals surface area contributed by atoms with E-state index in [0.29, 0.717) is 29.8 Å². The van der Waals surface area contributed by atoms with E-state index in [4.69, 9.17) is 16.3 Å². The Morgan fingerprint density at radius 2 is 2.10 bits per heavy atom. The Bertz CT molecular complexity index is 888. The van der Waals surface area contributed by atoms with Crippen molar-refractivity contribution in [3.63, 3.8) is 0 Å². The Balaban J connectivity index is 1.46. The van der Waals surface area contributed by atoms with Gasteiger partial charge in [-0.2, -0.15) is 0 Å². The van der Waals surface area contributed by atoms with Gasteiger partial charge in [-0.3, -0.25) is 4.79 Å². The van der Waals surface area contributed by atoms with Gasteiger partial charge in [0.05, 0.1) is 17.0 Å². The third-order valence-electron chi connectivity index (χ3n) is 5.73. The summed E-state index contributed by atoms with van der Waals surface area (Å²) in [6, 6.07) is 9.83. The second-order valence-corrected chi connectivity index (χ2v) is 8.30. The molecule has 0 radical (unpaired) electrons. The first-order valence-corrected chi connectivity index (χ1v) is 10.7. The van der Waals surface area contributed by atoms with Crippen molar-refractivity contribution in [2.45, 2.75) is 18.9 Å². The van der Waals surface area contributed by atoms with E-state index in [0.717, 1.165) is 49.4 Å². The number of hydrogen-bond acceptors (Lipinski definition) is 6. The topological polar surface area (TPSA) is 95.5 Å². The van der Waals surface area contributed by atoms with E-state index in [9.17, 15) is 9.90 Å². The van der Waals surface area contributed by atoms with Gasteiger partial charge in [0.1, 0.15) is 5.82 Å². The van der Waals surface area contributed by atoms with Crippen molar-refractivity contribution in [2.75, 3.05) is 43.5 Å². The number of ether oxygens (including phenoxy) is 1. The van der Waals surface area contributed by atoms with E-state index in [-0.39, 0.29) is 5.91 Å². The predicted octanol–water partition coefficient (Wildman–Crippen LogP) is 2.76. The van der Waals surface area contributed by atoms with Gasteiger partial charge in [0.2, 0.25) is 5.91 Å². The molecule has 30 heavy (non-hydrogen) atoms. The molecule has 8 heteroatoms. The van der Waals surface area contributed by atoms with Crippen LogP contribution in [0.2, 0.25) is 5.02 Å². The molecule has 2 aliphatic heterocycles. The van der Waals surface area contributed by atoms with Gasteiger partial charge < -0.3 is 25.8 Å². The van der Waals surface area contributed by atoms with Gasteiger partial charge in [0, 0.05) is 50.3 Å². The molecule has 4 rings (SSSR count). The number of pyridine rings is 1. The highest BCUT2D eigenvalue weighted by Gasteiger charge is 2.31. The Morgan fingerprint density at radius 3 is 2.87 bits per heavy atom. The zero-order valence-corrected chi connectivity index (χ0v) is 17.5. The Kier molecular flexibility index (Phi) is 6.84. The van der Waals surface area contributed by atoms with Crippen molar-refractivity contribution < 1.29 is 14.6 Å². The normalized spacial score (nSPS) is 22.1. The third kappa shape index (κ3) is 5.10. The van der Waals surface area contributed by atoms with E-state index >= 15 is 0 Å². The van der Waals surface area contributed by atoms with Crippen LogP contribution in [-0.4, -0.2) is 54.9 Å². The van der Waals surface area contributed by atoms with E-state index in [1.807, 2.05) is 18.2 Å². The second kappa shape index (κ2) is 9.75. The highest BCUT2D eigenvalue weighted by Crippen LogP contribution is 2.31. The van der Waals surface area contributed by atoms with Gasteiger partial charge in [-0.25, -0.2) is 4.98 Å². The lowest BCUT2D eigenvalue weighted by atomic mass is 10.00. The summed E-state index contributed by atoms with van der Waals surface area (Å²) in [5.41, 5.74) is 2.76. The van der Waals surface area contributed by atoms with E-state index in [1.54, 1.807) is 6.07 Å². The van der Waals surface area contributed by atoms with Gasteiger partial charge in [0.25, 0.3) is 0 Å². The van der Waals surface area contributed by atoms with Crippen LogP contribution in [0.5, 0.6) is 0 Å². The van der Waals surface area contributed by atoms with Crippen molar-refractivity contribution in [2.24, 2.45) is 11.8 Å². The monoisotopic (exact) mass is 430 g/mol. The van der Waals surface area contributed by atoms with Gasteiger partial charge >= 0.3 is 0 Å². The average molecular weight is 431 g/mol. The fourth-order valence-electron chi connectivity index (χ4n) is 3.89. The number of carbonyl (C=O) groups is 1. The quantitative estimate of drug-likeness (QED) is 0.563. The molecule has 0 bridgehead atoms. The number of nitrogens with zero attached hydrogens (tertiary/aromatic N) is 1. The molecule has 2 aliphatic rings. The summed E-state index contributed by atoms with van der Waals surface area (Å²) in [5.74, 6) is 0.303. The van der Waals surface area contributed by atoms with Crippen molar-refractivity contribution in [1.82, 2.24) is 10.3 Å². The summed E-state index contributed by atoms with van der Waals surface area (Å²) in [6.45, 7) is 3.46. The van der Waals surface area contributed by atoms with Crippen LogP contribution in [0, 0.1) is 11.8 Å². The summed E-state index contributed by atoms with van der Waals surface area (Å²) in [6.07, 6.45) is 3.02. The summed E-state index contributed by atoms with van der Waals surface area (Å²) in [4.78, 5) is 16.7. The molecule has 7 nitrogen and oxygen atoms in total. The summed E-state index contributed by atoms with van der Waals surface area (Å²) >= 11 is 6.41. The number of hydrogen-bond donors (Lipinski definition) is 4. The van der Waals surface area contributed by atoms with E-state index in [2.05, 4.69) is 27.0 Å². The molecule has 0 spiro atoms. The lowest BCUT2D eigenvalue weighted by Gasteiger charge is -2.22. The number of aromatic nitrogens is 1. The Morgan fingerprint density at radius 1 is 1.27 bits per heavy atom. The third-order valence-corrected chi connectivity index (χ3v) is 6.04. The largest absolute Gasteiger partial charge is 0.391 e. The lowest BCUT2D eigenvalue weighted by molar-refractivity contribution is -0.121. The first-order chi connectivity index (χ1) is 14.6. The molecule has 2 aromatic rings. The maximum absolute atomic E-state index is 12.4. The molecule has 2 atom stereocenters. The SMILES string of the molecule is O=C(Nc1cc(-c2cccc(NCC3CCOCC3)c2)c(Cl)cn1)C1CNCC1O. The number of benzene rings is 1. The van der Waals surface area contributed by atoms with Gasteiger partial charge in [0.15, 0.2) is 0 Å². The number of nitrogens with one attached hydrogen (secondary N) is 3. The number of carbonyl (C=O) groups excluding carboxylic acids is 1. The number of aliphatic hydroxyl groups excluding tert-OH is 1. The van der Waals surface area contributed by atoms with Crippen LogP contribution in [-0.2, 0) is 9.53 Å². The Labute approximate surface area is 181 Å². The summed E-state index contributed by atoms with van der Waals surface area (Å²) in [7, 11) is 0. The van der Waals surface area contributed by atoms with Crippen LogP contribution in [0.1, 0.15) is 12.8 Å². The van der Waals surface area contributed by atoms with Gasteiger partial charge in [-0.15, -0.1) is 0 Å². The van der Waals surface area contributed by atoms with Crippen LogP contribution in [0.3, 0.4) is 0 Å². The Hall–Kier alpha value is -2.19. The highest BCUT2D eigenvalue weighted by molar-refractivity contribution is 6.33. The van der Waals surface area contributed by atoms with Crippen molar-refractivity contribution in [3.8, 4) is 11.1 Å². The first kappa shape index (κ1) is 21.1. The van der Waals surface area contributed by atoms with E-state index < -0.39 is 12.0 Å². The highest BCUT2D eigenvalue weighted by atomic mass is 35.5. The zero-order valence-electron chi connectivity index (χ0n) is 16.7. The van der Waals surface area contributed by atoms with Crippen molar-refractivity contribution in [3.05, 3.63) is 41.6 Å². The molecule has 0 saturated carbocycles. The number of β-amino-alcohol motifs (C(OH)–C–C–N with tert-alkyl or cyclic N) is 1. The molecule has 1 aromatic carbocycles. The number of aliphatic hydroxyl groups is 1. The molecule has 0 aliphatic carbocycles. The van der Waals surface area contributed by atoms with Crippen LogP contribution in [0.15, 0.2) is 36.5 Å². The molecular weight excluding hydrogens is 404 g/mol. The van der Waals surface area contributed by atoms with Crippen molar-refractivity contribution in [1.29, 1.82) is 0 Å². The van der Waals surface area contributed by atoms with Gasteiger partial charge in [-0.1, -0.05) is 23.7 Å². The number of anilines is 2. The minimum Gasteiger partial charge on any atom is -0.391 e. The van der Waals surface area contributed by atoms with Crippen molar-refractivity contribution >= 4 is 29.0 Å². The minimum absolute atomic E-state index is 0.250. The first-order valence-electron chi connectivity index (χ1n) is 10.4. The number of amides is 1. The molecule has 4 N–H and O–H groups in total. The molecule has 160 valence electrons. The van der Waals surface area contributed by atoms with Gasteiger partial charge in [-0.05, 0) is 42.5 Å². The van der Waals surface area contributed by atoms with Crippen LogP contribution in [0.4, 0.5) is 11.5 Å². The molecule has 2 saturated heterocycles. The van der Waals surface area contributed by atoms with Crippen LogP contribution >= 0.6 is 11.6 Å². The molecule has 2 unspecified atom stereocenters. The zero-order chi connectivity index (χ0) is 20.9. The fourth-order valence-corrected chi connectivity index (χ4v) is 4.10. The second-order valence-electron chi connectivity index (χ2n) is 7.89. The summed E-state index contributed by atoms with van der Waals surface area (Å²) in [5, 5.41) is 19.7. The molecule has 2 fully saturated rings. The smallest absolute Gasteiger partial charge is 0.232 e. The van der Waals surface area contributed by atoms with Crippen LogP contribution < -0.4 is 16.0 Å². The predicted molar refractivity (Wildman–Crippen MR) is 118 cm³/mol. The maximum atomic E-state index is 12.4. The molecule has 1 aromatic heterocycles. The lowest BCUT2D eigenvalue weighted by Crippen LogP contribution is -2.31. The number of halogens is 1. The standard InChI is InChI=1S/C22H27ClN4O3/c23-19-12-26-21(27-22(29)18-11-24-13-20(18)28)9-17(19)15-2-1-3-16(8-15)25-10-14-4-6-30-7-5-14/h1-3,8-9,12,14,18,20,24-25,28H,4-7,10-11,13H2,(H,26,27,29). The molecule has 1 amide bonds. The van der Waals surface area contributed by atoms with Crippen LogP contribution in [0.25, 0.3) is 11.1 Å². The maximum Gasteiger partial charge on any atom is 0.232 e. The average Bonchev–Trinajstić information content (AvgIpc) is 3.20. The summed E-state index contributed by atoms with van der Waals surface area (Å²) < 4.78 is 5.42. The number of rotatable bonds is 6. The van der Waals surface area contributed by atoms with E-state index in [1.165, 1.54) is 6.20 Å².